The van der Waals surface area contributed by atoms with E-state index in [-0.39, 0.29) is 12.6 Å². The Hall–Kier alpha value is -2.75. The zero-order valence-electron chi connectivity index (χ0n) is 13.2. The number of nitrogens with one attached hydrogen (secondary N) is 1. The van der Waals surface area contributed by atoms with Gasteiger partial charge in [0, 0.05) is 5.69 Å². The van der Waals surface area contributed by atoms with Crippen LogP contribution in [-0.2, 0) is 16.1 Å². The molecule has 0 aromatic heterocycles. The molecule has 0 aliphatic rings. The molecule has 2 aromatic carbocycles. The molecule has 0 fully saturated rings. The van der Waals surface area contributed by atoms with Crippen molar-refractivity contribution in [1.29, 1.82) is 0 Å². The summed E-state index contributed by atoms with van der Waals surface area (Å²) in [6.07, 6.45) is 2.19. The van der Waals surface area contributed by atoms with E-state index in [1.807, 2.05) is 54.6 Å². The van der Waals surface area contributed by atoms with Crippen molar-refractivity contribution in [2.75, 3.05) is 12.4 Å². The summed E-state index contributed by atoms with van der Waals surface area (Å²) >= 11 is 0. The van der Waals surface area contributed by atoms with E-state index in [1.54, 1.807) is 13.2 Å². The molecule has 0 amide bonds. The van der Waals surface area contributed by atoms with Gasteiger partial charge in [-0.05, 0) is 36.2 Å². The summed E-state index contributed by atoms with van der Waals surface area (Å²) in [5.41, 5.74) is 1.79. The average molecular weight is 311 g/mol. The number of anilines is 1. The van der Waals surface area contributed by atoms with Crippen LogP contribution in [-0.4, -0.2) is 19.1 Å². The maximum absolute atomic E-state index is 12.3. The van der Waals surface area contributed by atoms with E-state index >= 15 is 0 Å². The highest BCUT2D eigenvalue weighted by Gasteiger charge is 2.18. The van der Waals surface area contributed by atoms with Crippen LogP contribution in [0.1, 0.15) is 12.0 Å². The highest BCUT2D eigenvalue weighted by atomic mass is 16.5. The second kappa shape index (κ2) is 8.63. The van der Waals surface area contributed by atoms with E-state index < -0.39 is 6.04 Å². The van der Waals surface area contributed by atoms with E-state index in [4.69, 9.17) is 9.47 Å². The van der Waals surface area contributed by atoms with Gasteiger partial charge >= 0.3 is 5.97 Å². The molecule has 2 rings (SSSR count). The monoisotopic (exact) mass is 311 g/mol. The van der Waals surface area contributed by atoms with Gasteiger partial charge in [0.2, 0.25) is 0 Å². The first-order chi connectivity index (χ1) is 11.2. The predicted molar refractivity (Wildman–Crippen MR) is 91.5 cm³/mol. The molecule has 0 aliphatic heterocycles. The van der Waals surface area contributed by atoms with Crippen LogP contribution in [0.15, 0.2) is 67.3 Å². The van der Waals surface area contributed by atoms with E-state index in [0.717, 1.165) is 17.0 Å². The number of benzene rings is 2. The average Bonchev–Trinajstić information content (AvgIpc) is 2.61. The first-order valence-corrected chi connectivity index (χ1v) is 7.45. The van der Waals surface area contributed by atoms with Gasteiger partial charge in [-0.15, -0.1) is 6.58 Å². The quantitative estimate of drug-likeness (QED) is 0.595. The lowest BCUT2D eigenvalue weighted by Crippen LogP contribution is -2.30. The fourth-order valence-corrected chi connectivity index (χ4v) is 2.10. The fourth-order valence-electron chi connectivity index (χ4n) is 2.10. The molecular weight excluding hydrogens is 290 g/mol. The topological polar surface area (TPSA) is 47.6 Å². The van der Waals surface area contributed by atoms with Gasteiger partial charge in [-0.3, -0.25) is 0 Å². The molecule has 0 spiro atoms. The first kappa shape index (κ1) is 16.6. The van der Waals surface area contributed by atoms with Crippen LogP contribution < -0.4 is 10.1 Å². The molecular formula is C19H21NO3. The minimum atomic E-state index is -0.468. The molecule has 1 N–H and O–H groups in total. The smallest absolute Gasteiger partial charge is 0.329 e. The van der Waals surface area contributed by atoms with Gasteiger partial charge in [0.15, 0.2) is 0 Å². The molecule has 0 unspecified atom stereocenters. The van der Waals surface area contributed by atoms with Crippen LogP contribution in [0.25, 0.3) is 0 Å². The molecule has 0 heterocycles. The van der Waals surface area contributed by atoms with Crippen molar-refractivity contribution in [3.05, 3.63) is 72.8 Å². The van der Waals surface area contributed by atoms with Gasteiger partial charge in [-0.2, -0.15) is 0 Å². The standard InChI is InChI=1S/C19H21NO3/c1-3-7-18(20-16-10-12-17(22-2)13-11-16)19(21)23-14-15-8-5-4-6-9-15/h3-6,8-13,18,20H,1,7,14H2,2H3/t18-/m0/s1. The molecule has 4 nitrogen and oxygen atoms in total. The summed E-state index contributed by atoms with van der Waals surface area (Å²) in [6, 6.07) is 16.5. The predicted octanol–water partition coefficient (Wildman–Crippen LogP) is 3.80. The Morgan fingerprint density at radius 1 is 1.17 bits per heavy atom. The first-order valence-electron chi connectivity index (χ1n) is 7.45. The van der Waals surface area contributed by atoms with Crippen molar-refractivity contribution >= 4 is 11.7 Å². The van der Waals surface area contributed by atoms with Crippen LogP contribution in [0.5, 0.6) is 5.75 Å². The van der Waals surface area contributed by atoms with E-state index in [1.165, 1.54) is 0 Å². The van der Waals surface area contributed by atoms with E-state index in [2.05, 4.69) is 11.9 Å². The number of esters is 1. The van der Waals surface area contributed by atoms with Crippen molar-refractivity contribution in [3.63, 3.8) is 0 Å². The Morgan fingerprint density at radius 2 is 1.87 bits per heavy atom. The number of rotatable bonds is 8. The number of carbonyl (C=O) groups excluding carboxylic acids is 1. The number of ether oxygens (including phenoxy) is 2. The number of hydrogen-bond donors (Lipinski definition) is 1. The Morgan fingerprint density at radius 3 is 2.48 bits per heavy atom. The SMILES string of the molecule is C=CC[C@H](Nc1ccc(OC)cc1)C(=O)OCc1ccccc1. The summed E-state index contributed by atoms with van der Waals surface area (Å²) in [6.45, 7) is 3.96. The molecule has 4 heteroatoms. The molecule has 120 valence electrons. The third-order valence-electron chi connectivity index (χ3n) is 3.34. The minimum absolute atomic E-state index is 0.262. The summed E-state index contributed by atoms with van der Waals surface area (Å²) in [7, 11) is 1.61. The molecule has 0 aliphatic carbocycles. The minimum Gasteiger partial charge on any atom is -0.497 e. The summed E-state index contributed by atoms with van der Waals surface area (Å²) in [4.78, 5) is 12.3. The van der Waals surface area contributed by atoms with Crippen LogP contribution >= 0.6 is 0 Å². The molecule has 0 saturated heterocycles. The second-order valence-electron chi connectivity index (χ2n) is 5.04. The third-order valence-corrected chi connectivity index (χ3v) is 3.34. The molecule has 0 radical (unpaired) electrons. The van der Waals surface area contributed by atoms with E-state index in [9.17, 15) is 4.79 Å². The van der Waals surface area contributed by atoms with Crippen molar-refractivity contribution in [2.45, 2.75) is 19.1 Å². The lowest BCUT2D eigenvalue weighted by atomic mass is 10.2. The maximum atomic E-state index is 12.3. The summed E-state index contributed by atoms with van der Waals surface area (Å²) in [5.74, 6) is 0.465. The maximum Gasteiger partial charge on any atom is 0.329 e. The molecule has 2 aromatic rings. The van der Waals surface area contributed by atoms with Gasteiger partial charge in [0.1, 0.15) is 18.4 Å². The molecule has 0 bridgehead atoms. The molecule has 1 atom stereocenters. The molecule has 0 saturated carbocycles. The van der Waals surface area contributed by atoms with Crippen LogP contribution in [0.2, 0.25) is 0 Å². The Labute approximate surface area is 136 Å². The zero-order valence-corrected chi connectivity index (χ0v) is 13.2. The second-order valence-corrected chi connectivity index (χ2v) is 5.04. The number of methoxy groups -OCH3 is 1. The van der Waals surface area contributed by atoms with Gasteiger partial charge in [-0.1, -0.05) is 36.4 Å². The Bertz CT molecular complexity index is 623. The van der Waals surface area contributed by atoms with Gasteiger partial charge in [0.25, 0.3) is 0 Å². The van der Waals surface area contributed by atoms with Crippen molar-refractivity contribution in [1.82, 2.24) is 0 Å². The number of hydrogen-bond acceptors (Lipinski definition) is 4. The van der Waals surface area contributed by atoms with Crippen LogP contribution in [0.4, 0.5) is 5.69 Å². The van der Waals surface area contributed by atoms with Crippen molar-refractivity contribution in [2.24, 2.45) is 0 Å². The van der Waals surface area contributed by atoms with Gasteiger partial charge in [0.05, 0.1) is 7.11 Å². The fraction of sp³-hybridized carbons (Fsp3) is 0.211. The van der Waals surface area contributed by atoms with Crippen LogP contribution in [0.3, 0.4) is 0 Å². The normalized spacial score (nSPS) is 11.3. The zero-order chi connectivity index (χ0) is 16.5. The Balaban J connectivity index is 1.95. The summed E-state index contributed by atoms with van der Waals surface area (Å²) < 4.78 is 10.5. The van der Waals surface area contributed by atoms with Crippen molar-refractivity contribution in [3.8, 4) is 5.75 Å². The van der Waals surface area contributed by atoms with Crippen LogP contribution in [0, 0.1) is 0 Å². The highest BCUT2D eigenvalue weighted by molar-refractivity contribution is 5.79. The molecule has 23 heavy (non-hydrogen) atoms. The van der Waals surface area contributed by atoms with E-state index in [0.29, 0.717) is 6.42 Å². The van der Waals surface area contributed by atoms with Crippen molar-refractivity contribution < 1.29 is 14.3 Å². The highest BCUT2D eigenvalue weighted by Crippen LogP contribution is 2.17. The lowest BCUT2D eigenvalue weighted by molar-refractivity contribution is -0.145. The van der Waals surface area contributed by atoms with Gasteiger partial charge in [-0.25, -0.2) is 4.79 Å². The van der Waals surface area contributed by atoms with Gasteiger partial charge < -0.3 is 14.8 Å². The summed E-state index contributed by atoms with van der Waals surface area (Å²) in [5, 5.41) is 3.17. The number of carbonyl (C=O) groups is 1. The lowest BCUT2D eigenvalue weighted by Gasteiger charge is -2.17. The Kier molecular flexibility index (Phi) is 6.24. The third kappa shape index (κ3) is 5.18. The largest absolute Gasteiger partial charge is 0.497 e.